The van der Waals surface area contributed by atoms with Gasteiger partial charge in [-0.25, -0.2) is 4.98 Å². The molecule has 1 aromatic heterocycles. The number of nitrogens with zero attached hydrogens (tertiary/aromatic N) is 1. The maximum Gasteiger partial charge on any atom is 0.107 e. The molecule has 0 saturated carbocycles. The van der Waals surface area contributed by atoms with E-state index < -0.39 is 0 Å². The Kier molecular flexibility index (Phi) is 4.32. The van der Waals surface area contributed by atoms with E-state index in [2.05, 4.69) is 24.1 Å². The van der Waals surface area contributed by atoms with Crippen LogP contribution in [0.3, 0.4) is 0 Å². The van der Waals surface area contributed by atoms with Crippen LogP contribution >= 0.6 is 11.3 Å². The van der Waals surface area contributed by atoms with Gasteiger partial charge in [0.2, 0.25) is 0 Å². The van der Waals surface area contributed by atoms with Crippen molar-refractivity contribution in [2.24, 2.45) is 0 Å². The van der Waals surface area contributed by atoms with Gasteiger partial charge in [0.1, 0.15) is 5.01 Å². The summed E-state index contributed by atoms with van der Waals surface area (Å²) >= 11 is 1.82. The molecule has 0 amide bonds. The molecule has 1 aromatic rings. The summed E-state index contributed by atoms with van der Waals surface area (Å²) in [6.07, 6.45) is 5.72. The summed E-state index contributed by atoms with van der Waals surface area (Å²) in [5.74, 6) is 0. The largest absolute Gasteiger partial charge is 0.378 e. The number of hydrogen-bond donors (Lipinski definition) is 1. The lowest BCUT2D eigenvalue weighted by molar-refractivity contribution is 0.0130. The van der Waals surface area contributed by atoms with E-state index in [0.29, 0.717) is 12.1 Å². The quantitative estimate of drug-likeness (QED) is 0.877. The van der Waals surface area contributed by atoms with Gasteiger partial charge in [-0.2, -0.15) is 0 Å². The zero-order valence-electron chi connectivity index (χ0n) is 10.0. The first-order valence-electron chi connectivity index (χ1n) is 6.06. The summed E-state index contributed by atoms with van der Waals surface area (Å²) in [5, 5.41) is 4.78. The molecule has 0 aromatic carbocycles. The minimum atomic E-state index is 0.397. The smallest absolute Gasteiger partial charge is 0.107 e. The summed E-state index contributed by atoms with van der Waals surface area (Å²) in [6.45, 7) is 6.11. The second kappa shape index (κ2) is 5.75. The molecule has 1 aliphatic heterocycles. The summed E-state index contributed by atoms with van der Waals surface area (Å²) in [6, 6.07) is 0.595. The molecule has 2 unspecified atom stereocenters. The Bertz CT molecular complexity index is 327. The molecule has 1 aliphatic rings. The number of ether oxygens (including phenoxy) is 1. The highest BCUT2D eigenvalue weighted by Gasteiger charge is 2.18. The standard InChI is InChI=1S/C12H20N2OS/c1-3-11-7-14-12(16-11)8-13-10-4-5-15-9(2)6-10/h7,9-10,13H,3-6,8H2,1-2H3. The van der Waals surface area contributed by atoms with E-state index in [1.165, 1.54) is 9.88 Å². The Morgan fingerprint density at radius 3 is 3.19 bits per heavy atom. The first-order valence-corrected chi connectivity index (χ1v) is 6.88. The SMILES string of the molecule is CCc1cnc(CNC2CCOC(C)C2)s1. The van der Waals surface area contributed by atoms with Crippen molar-refractivity contribution in [2.75, 3.05) is 6.61 Å². The second-order valence-electron chi connectivity index (χ2n) is 4.36. The van der Waals surface area contributed by atoms with Gasteiger partial charge in [-0.3, -0.25) is 0 Å². The predicted molar refractivity (Wildman–Crippen MR) is 66.8 cm³/mol. The fraction of sp³-hybridized carbons (Fsp3) is 0.750. The van der Waals surface area contributed by atoms with Crippen LogP contribution in [-0.2, 0) is 17.7 Å². The number of nitrogens with one attached hydrogen (secondary N) is 1. The van der Waals surface area contributed by atoms with E-state index in [-0.39, 0.29) is 0 Å². The molecule has 3 nitrogen and oxygen atoms in total. The molecular formula is C12H20N2OS. The molecule has 0 bridgehead atoms. The Hall–Kier alpha value is -0.450. The lowest BCUT2D eigenvalue weighted by atomic mass is 10.0. The predicted octanol–water partition coefficient (Wildman–Crippen LogP) is 2.36. The first kappa shape index (κ1) is 12.0. The highest BCUT2D eigenvalue weighted by molar-refractivity contribution is 7.11. The molecule has 90 valence electrons. The minimum Gasteiger partial charge on any atom is -0.378 e. The Labute approximate surface area is 101 Å². The van der Waals surface area contributed by atoms with Crippen molar-refractivity contribution in [3.63, 3.8) is 0 Å². The average molecular weight is 240 g/mol. The maximum absolute atomic E-state index is 5.53. The summed E-state index contributed by atoms with van der Waals surface area (Å²) in [7, 11) is 0. The lowest BCUT2D eigenvalue weighted by Gasteiger charge is -2.27. The minimum absolute atomic E-state index is 0.397. The van der Waals surface area contributed by atoms with Crippen molar-refractivity contribution in [2.45, 2.75) is 51.8 Å². The number of aromatic nitrogens is 1. The highest BCUT2D eigenvalue weighted by Crippen LogP contribution is 2.16. The summed E-state index contributed by atoms with van der Waals surface area (Å²) in [4.78, 5) is 5.79. The fourth-order valence-electron chi connectivity index (χ4n) is 2.01. The summed E-state index contributed by atoms with van der Waals surface area (Å²) in [5.41, 5.74) is 0. The van der Waals surface area contributed by atoms with E-state index in [1.807, 2.05) is 17.5 Å². The first-order chi connectivity index (χ1) is 7.78. The molecular weight excluding hydrogens is 220 g/mol. The topological polar surface area (TPSA) is 34.2 Å². The third-order valence-corrected chi connectivity index (χ3v) is 4.12. The van der Waals surface area contributed by atoms with Crippen LogP contribution in [0.25, 0.3) is 0 Å². The zero-order valence-corrected chi connectivity index (χ0v) is 10.8. The van der Waals surface area contributed by atoms with Gasteiger partial charge < -0.3 is 10.1 Å². The molecule has 0 spiro atoms. The molecule has 2 heterocycles. The Balaban J connectivity index is 1.78. The van der Waals surface area contributed by atoms with E-state index in [9.17, 15) is 0 Å². The maximum atomic E-state index is 5.53. The molecule has 1 saturated heterocycles. The Morgan fingerprint density at radius 2 is 2.50 bits per heavy atom. The molecule has 0 aliphatic carbocycles. The molecule has 0 radical (unpaired) electrons. The van der Waals surface area contributed by atoms with Crippen LogP contribution in [0.1, 0.15) is 36.6 Å². The van der Waals surface area contributed by atoms with Crippen molar-refractivity contribution < 1.29 is 4.74 Å². The molecule has 4 heteroatoms. The van der Waals surface area contributed by atoms with Gasteiger partial charge in [0.15, 0.2) is 0 Å². The monoisotopic (exact) mass is 240 g/mol. The van der Waals surface area contributed by atoms with Gasteiger partial charge >= 0.3 is 0 Å². The van der Waals surface area contributed by atoms with Crippen LogP contribution in [0.15, 0.2) is 6.20 Å². The Morgan fingerprint density at radius 1 is 1.62 bits per heavy atom. The normalized spacial score (nSPS) is 25.9. The van der Waals surface area contributed by atoms with Gasteiger partial charge in [0.25, 0.3) is 0 Å². The van der Waals surface area contributed by atoms with Crippen molar-refractivity contribution in [1.29, 1.82) is 0 Å². The highest BCUT2D eigenvalue weighted by atomic mass is 32.1. The van der Waals surface area contributed by atoms with Crippen LogP contribution in [0.4, 0.5) is 0 Å². The number of rotatable bonds is 4. The summed E-state index contributed by atoms with van der Waals surface area (Å²) < 4.78 is 5.53. The third-order valence-electron chi connectivity index (χ3n) is 2.98. The van der Waals surface area contributed by atoms with Gasteiger partial charge in [-0.15, -0.1) is 11.3 Å². The van der Waals surface area contributed by atoms with E-state index in [4.69, 9.17) is 4.74 Å². The number of aryl methyl sites for hydroxylation is 1. The van der Waals surface area contributed by atoms with Crippen molar-refractivity contribution in [3.8, 4) is 0 Å². The van der Waals surface area contributed by atoms with Gasteiger partial charge in [-0.05, 0) is 26.2 Å². The number of hydrogen-bond acceptors (Lipinski definition) is 4. The number of thiazole rings is 1. The van der Waals surface area contributed by atoms with E-state index >= 15 is 0 Å². The lowest BCUT2D eigenvalue weighted by Crippen LogP contribution is -2.37. The molecule has 1 N–H and O–H groups in total. The van der Waals surface area contributed by atoms with Crippen molar-refractivity contribution in [1.82, 2.24) is 10.3 Å². The van der Waals surface area contributed by atoms with Crippen LogP contribution in [0.2, 0.25) is 0 Å². The second-order valence-corrected chi connectivity index (χ2v) is 5.56. The fourth-order valence-corrected chi connectivity index (χ4v) is 2.82. The van der Waals surface area contributed by atoms with Gasteiger partial charge in [0, 0.05) is 30.3 Å². The molecule has 1 fully saturated rings. The molecule has 2 atom stereocenters. The molecule has 16 heavy (non-hydrogen) atoms. The zero-order chi connectivity index (χ0) is 11.4. The van der Waals surface area contributed by atoms with Crippen molar-refractivity contribution >= 4 is 11.3 Å². The van der Waals surface area contributed by atoms with Crippen LogP contribution < -0.4 is 5.32 Å². The average Bonchev–Trinajstić information content (AvgIpc) is 2.74. The molecule has 2 rings (SSSR count). The van der Waals surface area contributed by atoms with Crippen LogP contribution in [-0.4, -0.2) is 23.7 Å². The van der Waals surface area contributed by atoms with Crippen LogP contribution in [0.5, 0.6) is 0 Å². The third kappa shape index (κ3) is 3.27. The van der Waals surface area contributed by atoms with E-state index in [1.54, 1.807) is 0 Å². The van der Waals surface area contributed by atoms with Gasteiger partial charge in [-0.1, -0.05) is 6.92 Å². The van der Waals surface area contributed by atoms with E-state index in [0.717, 1.165) is 32.4 Å². The van der Waals surface area contributed by atoms with Gasteiger partial charge in [0.05, 0.1) is 6.10 Å². The van der Waals surface area contributed by atoms with Crippen molar-refractivity contribution in [3.05, 3.63) is 16.1 Å². The van der Waals surface area contributed by atoms with Crippen LogP contribution in [0, 0.1) is 0 Å².